The van der Waals surface area contributed by atoms with E-state index in [1.807, 2.05) is 13.8 Å². The summed E-state index contributed by atoms with van der Waals surface area (Å²) in [5, 5.41) is 62.5. The zero-order valence-electron chi connectivity index (χ0n) is 76.4. The molecule has 45 heteroatoms. The Morgan fingerprint density at radius 1 is 0.522 bits per heavy atom. The molecule has 0 saturated carbocycles. The molecule has 0 aliphatic carbocycles. The smallest absolute Gasteiger partial charge is 0.246 e. The van der Waals surface area contributed by atoms with Gasteiger partial charge in [0.1, 0.15) is 84.6 Å². The van der Waals surface area contributed by atoms with Gasteiger partial charge in [0, 0.05) is 112 Å². The topological polar surface area (TPSA) is 650 Å². The predicted molar refractivity (Wildman–Crippen MR) is 498 cm³/mol. The Hall–Kier alpha value is -13.2. The molecule has 2 fully saturated rings. The Bertz CT molecular complexity index is 5080. The molecule has 0 spiro atoms. The Balaban J connectivity index is 0.0000245. The molecule has 730 valence electrons. The summed E-state index contributed by atoms with van der Waals surface area (Å²) < 4.78 is 0. The van der Waals surface area contributed by atoms with Crippen LogP contribution in [0.2, 0.25) is 0 Å². The van der Waals surface area contributed by atoms with Crippen molar-refractivity contribution in [1.82, 2.24) is 103 Å². The molecule has 14 atom stereocenters. The van der Waals surface area contributed by atoms with Gasteiger partial charge in [0.25, 0.3) is 0 Å². The maximum absolute atomic E-state index is 15.7. The molecule has 2 aliphatic rings. The van der Waals surface area contributed by atoms with E-state index in [0.29, 0.717) is 69.9 Å². The monoisotopic (exact) mass is 1900 g/mol. The first-order valence-corrected chi connectivity index (χ1v) is 45.6. The number of guanidine groups is 1. The third-order valence-corrected chi connectivity index (χ3v) is 24.2. The number of benzene rings is 3. The Morgan fingerprint density at radius 2 is 1.02 bits per heavy atom. The van der Waals surface area contributed by atoms with E-state index in [2.05, 4.69) is 83.7 Å². The second-order valence-electron chi connectivity index (χ2n) is 33.6. The number of hydrogen-bond acceptors (Lipinski definition) is 22. The van der Waals surface area contributed by atoms with Crippen LogP contribution >= 0.6 is 24.2 Å². The standard InChI is InChI=1S/C89H126N24O19S.ClH/c1-9-11-29-69-83(127)101-59(28-20-32-95-89(92)93)77(121)109-68(76(120)98-43-73(91)117)46-133-47-74(118)100-63(35-51-22-14-13-15-23-51)85(129)110(6)50(5)75(119)105-65(39-72(90)116)87(131)113-33-21-31-70(113)84(128)104-62(38-54-42-94-48-99-54)80(124)102-60(34-49(3)4)78(122)107-66(44-114)81(125)103-61(36-52-40-96-57-26-18-16-24-55(52)57)79(123)108-67(45-115)82(126)106-64(37-53-41-97-58-27-19-17-25-56(53)58)86(130)112(8)71(30-12-10-2)88(132)111(69)7;/h13-19,22-27,40-42,48-50,59-71,96-97,114-115H,9-12,20-21,28-39,43-47H2,1-8H3,(H2,90,116)(H2,91,117)(H,94,99)(H,98,120)(H,100,118)(H,101,127)(H,102,124)(H,103,125)(H,104,128)(H,105,119)(H,106,126)(H,107,122)(H,108,123)(H,109,121)(H4,92,93,95);1H. The molecule has 17 amide bonds. The number of imidazole rings is 1. The van der Waals surface area contributed by atoms with Gasteiger partial charge in [0.05, 0.1) is 38.3 Å². The third-order valence-electron chi connectivity index (χ3n) is 23.2. The van der Waals surface area contributed by atoms with Crippen molar-refractivity contribution in [3.05, 3.63) is 126 Å². The molecule has 0 radical (unpaired) electrons. The summed E-state index contributed by atoms with van der Waals surface area (Å²) in [7, 11) is 3.93. The lowest BCUT2D eigenvalue weighted by atomic mass is 10.00. The fraction of sp³-hybridized carbons (Fsp3) is 0.517. The highest BCUT2D eigenvalue weighted by atomic mass is 35.5. The Kier molecular flexibility index (Phi) is 42.5. The van der Waals surface area contributed by atoms with Crippen molar-refractivity contribution in [3.63, 3.8) is 0 Å². The summed E-state index contributed by atoms with van der Waals surface area (Å²) in [5.74, 6) is -18.1. The number of rotatable bonds is 27. The minimum atomic E-state index is -1.91. The third kappa shape index (κ3) is 31.2. The number of likely N-dealkylation sites (N-methyl/N-ethyl adjacent to an activating group) is 3. The minimum absolute atomic E-state index is 0. The van der Waals surface area contributed by atoms with Crippen LogP contribution < -0.4 is 81.0 Å². The predicted octanol–water partition coefficient (Wildman–Crippen LogP) is -2.70. The molecule has 3 aromatic carbocycles. The van der Waals surface area contributed by atoms with E-state index in [1.165, 1.54) is 40.6 Å². The molecule has 8 rings (SSSR count). The number of aliphatic hydroxyl groups excluding tert-OH is 2. The number of hydrogen-bond donors (Lipinski definition) is 21. The summed E-state index contributed by atoms with van der Waals surface area (Å²) in [6.45, 7) is 5.35. The zero-order valence-corrected chi connectivity index (χ0v) is 78.0. The molecule has 2 aliphatic heterocycles. The average molecular weight is 1900 g/mol. The van der Waals surface area contributed by atoms with Crippen molar-refractivity contribution in [1.29, 1.82) is 5.41 Å². The minimum Gasteiger partial charge on any atom is -0.394 e. The average Bonchev–Trinajstić information content (AvgIpc) is 1.05. The van der Waals surface area contributed by atoms with Crippen molar-refractivity contribution >= 4 is 152 Å². The summed E-state index contributed by atoms with van der Waals surface area (Å²) >= 11 is 0.789. The number of aromatic amines is 3. The fourth-order valence-corrected chi connectivity index (χ4v) is 16.6. The highest BCUT2D eigenvalue weighted by Crippen LogP contribution is 2.26. The van der Waals surface area contributed by atoms with Crippen LogP contribution in [0.25, 0.3) is 21.8 Å². The van der Waals surface area contributed by atoms with E-state index in [-0.39, 0.29) is 102 Å². The van der Waals surface area contributed by atoms with E-state index < -0.39 is 229 Å². The molecule has 2 saturated heterocycles. The van der Waals surface area contributed by atoms with Gasteiger partial charge in [0.15, 0.2) is 5.96 Å². The number of primary amides is 2. The van der Waals surface area contributed by atoms with Crippen LogP contribution in [0, 0.1) is 11.3 Å². The number of amides is 17. The van der Waals surface area contributed by atoms with E-state index in [4.69, 9.17) is 22.6 Å². The van der Waals surface area contributed by atoms with Gasteiger partial charge in [-0.2, -0.15) is 0 Å². The largest absolute Gasteiger partial charge is 0.394 e. The number of nitrogens with zero attached hydrogens (tertiary/aromatic N) is 5. The molecule has 24 N–H and O–H groups in total. The number of fused-ring (bicyclic) bond motifs is 3. The number of unbranched alkanes of at least 4 members (excludes halogenated alkanes) is 2. The van der Waals surface area contributed by atoms with Crippen LogP contribution in [0.3, 0.4) is 0 Å². The number of thioether (sulfide) groups is 1. The first kappa shape index (κ1) is 108. The molecule has 6 aromatic rings. The quantitative estimate of drug-likeness (QED) is 0.0142. The maximum Gasteiger partial charge on any atom is 0.246 e. The van der Waals surface area contributed by atoms with Crippen molar-refractivity contribution in [2.75, 3.05) is 65.5 Å². The summed E-state index contributed by atoms with van der Waals surface area (Å²) in [4.78, 5) is 266. The highest BCUT2D eigenvalue weighted by Gasteiger charge is 2.44. The Labute approximate surface area is 785 Å². The number of para-hydroxylation sites is 2. The highest BCUT2D eigenvalue weighted by molar-refractivity contribution is 8.00. The van der Waals surface area contributed by atoms with Crippen LogP contribution in [-0.4, -0.2) is 306 Å². The number of aliphatic hydroxyl groups is 2. The second kappa shape index (κ2) is 52.9. The first-order chi connectivity index (χ1) is 63.4. The molecule has 0 bridgehead atoms. The molecular formula is C89H127ClN24O19S. The van der Waals surface area contributed by atoms with Gasteiger partial charge in [-0.3, -0.25) is 86.9 Å². The lowest BCUT2D eigenvalue weighted by molar-refractivity contribution is -0.149. The van der Waals surface area contributed by atoms with Crippen molar-refractivity contribution < 1.29 is 91.7 Å². The van der Waals surface area contributed by atoms with Crippen LogP contribution in [0.1, 0.15) is 134 Å². The summed E-state index contributed by atoms with van der Waals surface area (Å²) in [6, 6.07) is 0.272. The van der Waals surface area contributed by atoms with Gasteiger partial charge < -0.3 is 126 Å². The molecule has 3 aromatic heterocycles. The van der Waals surface area contributed by atoms with Crippen molar-refractivity contribution in [2.24, 2.45) is 23.1 Å². The molecular weight excluding hydrogens is 1780 g/mol. The first-order valence-electron chi connectivity index (χ1n) is 44.4. The van der Waals surface area contributed by atoms with Gasteiger partial charge in [0.2, 0.25) is 100 Å². The van der Waals surface area contributed by atoms with Crippen LogP contribution in [-0.2, 0) is 107 Å². The molecule has 134 heavy (non-hydrogen) atoms. The molecule has 43 nitrogen and oxygen atoms in total. The van der Waals surface area contributed by atoms with Gasteiger partial charge in [-0.15, -0.1) is 24.2 Å². The number of carbonyl (C=O) groups excluding carboxylic acids is 17. The number of carbonyl (C=O) groups is 17. The van der Waals surface area contributed by atoms with Crippen LogP contribution in [0.5, 0.6) is 0 Å². The van der Waals surface area contributed by atoms with Gasteiger partial charge in [-0.25, -0.2) is 4.98 Å². The van der Waals surface area contributed by atoms with E-state index in [9.17, 15) is 67.7 Å². The van der Waals surface area contributed by atoms with Gasteiger partial charge >= 0.3 is 0 Å². The molecule has 5 heterocycles. The van der Waals surface area contributed by atoms with Gasteiger partial charge in [-0.1, -0.05) is 120 Å². The van der Waals surface area contributed by atoms with E-state index in [1.54, 1.807) is 105 Å². The summed E-state index contributed by atoms with van der Waals surface area (Å²) in [6.07, 6.45) is 5.47. The number of nitrogens with one attached hydrogen (secondary N) is 16. The number of aromatic nitrogens is 4. The number of halogens is 1. The lowest BCUT2D eigenvalue weighted by Crippen LogP contribution is -2.62. The molecule has 14 unspecified atom stereocenters. The number of H-pyrrole nitrogens is 3. The zero-order chi connectivity index (χ0) is 97.3. The maximum atomic E-state index is 15.7. The van der Waals surface area contributed by atoms with E-state index in [0.717, 1.165) is 31.4 Å². The van der Waals surface area contributed by atoms with E-state index >= 15 is 24.0 Å². The summed E-state index contributed by atoms with van der Waals surface area (Å²) in [5.41, 5.74) is 19.8. The van der Waals surface area contributed by atoms with Gasteiger partial charge in [-0.05, 0) is 86.6 Å². The number of nitrogens with two attached hydrogens (primary N) is 3. The van der Waals surface area contributed by atoms with Crippen molar-refractivity contribution in [3.8, 4) is 0 Å². The second-order valence-corrected chi connectivity index (χ2v) is 34.7. The van der Waals surface area contributed by atoms with Crippen LogP contribution in [0.15, 0.2) is 104 Å². The van der Waals surface area contributed by atoms with Crippen molar-refractivity contribution in [2.45, 2.75) is 222 Å². The SMILES string of the molecule is CCCCC1C(=O)N(C)C(CCCC)C(=O)NC(CCCNC(=N)N)C(=O)NC(C(=O)NCC(N)=O)CSCC(=O)NC(Cc2ccccc2)C(=O)N(C)C(C)C(=O)NC(CC(N)=O)C(=O)N2CCCC2C(=O)NC(Cc2cnc[nH]2)C(=O)NC(CC(C)C)C(=O)NC(CO)C(=O)NC(Cc2c[nH]c3ccccc23)C(=O)NC(CO)C(=O)NC(Cc2c[nH]c3ccccc23)C(=O)N1C.Cl. The lowest BCUT2D eigenvalue weighted by Gasteiger charge is -2.36. The Morgan fingerprint density at radius 3 is 1.59 bits per heavy atom. The normalized spacial score (nSPS) is 23.7. The fourth-order valence-electron chi connectivity index (χ4n) is 15.7. The van der Waals surface area contributed by atoms with Crippen LogP contribution in [0.4, 0.5) is 0 Å².